The van der Waals surface area contributed by atoms with Gasteiger partial charge in [-0.05, 0) is 72.8 Å². The van der Waals surface area contributed by atoms with E-state index in [9.17, 15) is 0 Å². The van der Waals surface area contributed by atoms with Gasteiger partial charge in [0.2, 0.25) is 0 Å². The van der Waals surface area contributed by atoms with Gasteiger partial charge in [-0.25, -0.2) is 0 Å². The third-order valence-electron chi connectivity index (χ3n) is 9.08. The van der Waals surface area contributed by atoms with Crippen LogP contribution < -0.4 is 58.9 Å². The molecule has 1 aliphatic rings. The molecule has 0 atom stereocenters. The van der Waals surface area contributed by atoms with Crippen LogP contribution >= 0.6 is 22.5 Å². The van der Waals surface area contributed by atoms with Crippen LogP contribution in [0.15, 0.2) is 159 Å². The molecule has 0 saturated heterocycles. The second-order valence-electron chi connectivity index (χ2n) is 12.9. The summed E-state index contributed by atoms with van der Waals surface area (Å²) in [6, 6.07) is 45.7. The van der Waals surface area contributed by atoms with Gasteiger partial charge in [-0.1, -0.05) is 72.8 Å². The summed E-state index contributed by atoms with van der Waals surface area (Å²) >= 11 is 0. The van der Waals surface area contributed by atoms with Gasteiger partial charge < -0.3 is 58.9 Å². The van der Waals surface area contributed by atoms with E-state index in [4.69, 9.17) is 42.0 Å². The Morgan fingerprint density at radius 1 is 0.267 bits per heavy atom. The van der Waals surface area contributed by atoms with Crippen molar-refractivity contribution in [3.05, 3.63) is 146 Å². The third-order valence-corrected chi connectivity index (χ3v) is 18.6. The Hall–Kier alpha value is -6.39. The largest absolute Gasteiger partial charge is 0.495 e. The molecule has 60 heavy (non-hydrogen) atoms. The predicted molar refractivity (Wildman–Crippen MR) is 248 cm³/mol. The minimum atomic E-state index is -3.62. The number of rotatable bonds is 18. The van der Waals surface area contributed by atoms with Crippen LogP contribution in [0.25, 0.3) is 0 Å². The Bertz CT molecular complexity index is 2170. The van der Waals surface area contributed by atoms with Crippen LogP contribution in [0.5, 0.6) is 34.5 Å². The number of benzene rings is 6. The maximum atomic E-state index is 5.92. The maximum Gasteiger partial charge on any atom is 0.268 e. The molecule has 0 aliphatic carbocycles. The van der Waals surface area contributed by atoms with Gasteiger partial charge in [-0.3, -0.25) is 0 Å². The van der Waals surface area contributed by atoms with Gasteiger partial charge in [0, 0.05) is 0 Å². The molecule has 6 aromatic carbocycles. The second-order valence-corrected chi connectivity index (χ2v) is 20.0. The van der Waals surface area contributed by atoms with Gasteiger partial charge in [-0.2, -0.15) is 13.5 Å². The number of hydrogen-bond acceptors (Lipinski definition) is 15. The molecule has 0 radical (unpaired) electrons. The zero-order chi connectivity index (χ0) is 42.0. The predicted octanol–water partition coefficient (Wildman–Crippen LogP) is 12.6. The fourth-order valence-electron chi connectivity index (χ4n) is 6.40. The van der Waals surface area contributed by atoms with Crippen molar-refractivity contribution in [3.8, 4) is 34.5 Å². The summed E-state index contributed by atoms with van der Waals surface area (Å²) in [5.74, 6) is 3.45. The smallest absolute Gasteiger partial charge is 0.268 e. The minimum Gasteiger partial charge on any atom is -0.495 e. The highest BCUT2D eigenvalue weighted by atomic mass is 31.3. The van der Waals surface area contributed by atoms with Crippen LogP contribution in [0.4, 0.5) is 34.1 Å². The third kappa shape index (κ3) is 9.24. The number of nitrogens with zero attached hydrogens (tertiary/aromatic N) is 3. The Morgan fingerprint density at radius 3 is 0.567 bits per heavy atom. The van der Waals surface area contributed by atoms with E-state index in [1.54, 1.807) is 42.7 Å². The summed E-state index contributed by atoms with van der Waals surface area (Å²) in [6.07, 6.45) is 0. The van der Waals surface area contributed by atoms with Crippen molar-refractivity contribution in [2.45, 2.75) is 0 Å². The number of para-hydroxylation sites is 12. The van der Waals surface area contributed by atoms with Crippen molar-refractivity contribution in [2.75, 3.05) is 73.2 Å². The number of nitrogens with one attached hydrogen (secondary N) is 6. The molecule has 0 saturated carbocycles. The lowest BCUT2D eigenvalue weighted by Gasteiger charge is -2.39. The molecule has 0 bridgehead atoms. The fourth-order valence-corrected chi connectivity index (χ4v) is 17.7. The number of ether oxygens (including phenoxy) is 6. The van der Waals surface area contributed by atoms with Crippen molar-refractivity contribution in [3.63, 3.8) is 0 Å². The Morgan fingerprint density at radius 2 is 0.417 bits per heavy atom. The molecule has 0 fully saturated rings. The van der Waals surface area contributed by atoms with Gasteiger partial charge in [0.25, 0.3) is 22.5 Å². The number of methoxy groups -OCH3 is 6. The Kier molecular flexibility index (Phi) is 13.0. The molecule has 0 amide bonds. The monoisotopic (exact) mass is 867 g/mol. The van der Waals surface area contributed by atoms with E-state index in [2.05, 4.69) is 30.5 Å². The molecule has 0 unspecified atom stereocenters. The first-order valence-corrected chi connectivity index (χ1v) is 23.8. The highest BCUT2D eigenvalue weighted by Gasteiger charge is 2.41. The van der Waals surface area contributed by atoms with E-state index in [1.165, 1.54) is 0 Å². The minimum absolute atomic E-state index is 0.574. The Balaban J connectivity index is 1.66. The quantitative estimate of drug-likeness (QED) is 0.0454. The van der Waals surface area contributed by atoms with Crippen molar-refractivity contribution >= 4 is 56.6 Å². The van der Waals surface area contributed by atoms with Gasteiger partial charge in [0.1, 0.15) is 34.5 Å². The van der Waals surface area contributed by atoms with Crippen LogP contribution in [0.3, 0.4) is 0 Å². The lowest BCUT2D eigenvalue weighted by Crippen LogP contribution is -2.17. The molecule has 0 spiro atoms. The van der Waals surface area contributed by atoms with Crippen LogP contribution in [0.2, 0.25) is 0 Å². The van der Waals surface area contributed by atoms with Crippen molar-refractivity contribution < 1.29 is 28.4 Å². The molecule has 6 N–H and O–H groups in total. The van der Waals surface area contributed by atoms with E-state index in [1.807, 2.05) is 146 Å². The summed E-state index contributed by atoms with van der Waals surface area (Å²) in [5.41, 5.74) is 3.78. The van der Waals surface area contributed by atoms with Crippen LogP contribution in [0.1, 0.15) is 0 Å². The molecule has 6 aromatic rings. The first kappa shape index (κ1) is 41.8. The molecule has 7 rings (SSSR count). The summed E-state index contributed by atoms with van der Waals surface area (Å²) in [4.78, 5) is 0. The van der Waals surface area contributed by atoms with Crippen LogP contribution in [0, 0.1) is 0 Å². The molecular weight excluding hydrogens is 819 g/mol. The van der Waals surface area contributed by atoms with E-state index in [0.29, 0.717) is 68.6 Å². The van der Waals surface area contributed by atoms with Gasteiger partial charge in [0.05, 0.1) is 76.8 Å². The highest BCUT2D eigenvalue weighted by Crippen LogP contribution is 2.77. The van der Waals surface area contributed by atoms with Gasteiger partial charge in [-0.15, -0.1) is 0 Å². The van der Waals surface area contributed by atoms with Crippen molar-refractivity contribution in [1.29, 1.82) is 0 Å². The van der Waals surface area contributed by atoms with Gasteiger partial charge >= 0.3 is 0 Å². The molecule has 312 valence electrons. The standard InChI is InChI=1S/C42H48N9O6P3/c1-52-37-25-13-7-19-31(37)43-58(44-32-20-8-14-26-38(32)53-2)49-59(45-33-21-9-15-27-39(33)54-3,46-34-22-10-16-28-40(34)55-4)51-60(50-58,47-35-23-11-17-29-41(35)56-5)48-36-24-12-18-30-42(36)57-6/h7-30,43-48H,1-6H3. The lowest BCUT2D eigenvalue weighted by molar-refractivity contribution is 0.416. The molecule has 1 heterocycles. The van der Waals surface area contributed by atoms with Crippen molar-refractivity contribution in [2.24, 2.45) is 13.5 Å². The number of hydrogen-bond donors (Lipinski definition) is 6. The fraction of sp³-hybridized carbons (Fsp3) is 0.143. The average molecular weight is 868 g/mol. The first-order valence-electron chi connectivity index (χ1n) is 18.7. The summed E-state index contributed by atoms with van der Waals surface area (Å²) in [7, 11) is -1.12. The lowest BCUT2D eigenvalue weighted by atomic mass is 10.3. The topological polar surface area (TPSA) is 165 Å². The average Bonchev–Trinajstić information content (AvgIpc) is 3.27. The Labute approximate surface area is 350 Å². The number of anilines is 6. The maximum absolute atomic E-state index is 5.92. The summed E-state index contributed by atoms with van der Waals surface area (Å²) in [6.45, 7) is 0. The molecule has 15 nitrogen and oxygen atoms in total. The summed E-state index contributed by atoms with van der Waals surface area (Å²) < 4.78 is 52.9. The molecule has 0 aromatic heterocycles. The molecular formula is C42H48N9O6P3. The van der Waals surface area contributed by atoms with Crippen LogP contribution in [-0.2, 0) is 0 Å². The van der Waals surface area contributed by atoms with E-state index < -0.39 is 22.5 Å². The van der Waals surface area contributed by atoms with Crippen molar-refractivity contribution in [1.82, 2.24) is 0 Å². The molecule has 18 heteroatoms. The second kappa shape index (κ2) is 18.7. The highest BCUT2D eigenvalue weighted by molar-refractivity contribution is 7.90. The summed E-state index contributed by atoms with van der Waals surface area (Å²) in [5, 5.41) is 22.7. The SMILES string of the molecule is COc1ccccc1NP1(Nc2ccccc2OC)=NP(Nc2ccccc2OC)(Nc2ccccc2OC)=NP(Nc2ccccc2OC)(Nc2ccccc2OC)=N1. The normalized spacial score (nSPS) is 14.3. The van der Waals surface area contributed by atoms with E-state index >= 15 is 0 Å². The zero-order valence-electron chi connectivity index (χ0n) is 34.0. The van der Waals surface area contributed by atoms with Crippen LogP contribution in [-0.4, -0.2) is 42.7 Å². The van der Waals surface area contributed by atoms with E-state index in [-0.39, 0.29) is 0 Å². The van der Waals surface area contributed by atoms with Gasteiger partial charge in [0.15, 0.2) is 0 Å². The zero-order valence-corrected chi connectivity index (χ0v) is 36.7. The molecule has 1 aliphatic heterocycles. The van der Waals surface area contributed by atoms with E-state index in [0.717, 1.165) is 0 Å². The first-order chi connectivity index (χ1) is 29.3.